The van der Waals surface area contributed by atoms with Crippen LogP contribution in [0.1, 0.15) is 18.4 Å². The summed E-state index contributed by atoms with van der Waals surface area (Å²) in [6.45, 7) is 2.35. The van der Waals surface area contributed by atoms with E-state index >= 15 is 0 Å². The van der Waals surface area contributed by atoms with E-state index in [1.807, 2.05) is 12.3 Å². The predicted octanol–water partition coefficient (Wildman–Crippen LogP) is 2.71. The molecule has 3 heterocycles. The number of nitrogens with zero attached hydrogens (tertiary/aromatic N) is 2. The van der Waals surface area contributed by atoms with Gasteiger partial charge in [-0.25, -0.2) is 4.98 Å². The summed E-state index contributed by atoms with van der Waals surface area (Å²) >= 11 is 3.38. The second kappa shape index (κ2) is 3.34. The Kier molecular flexibility index (Phi) is 2.09. The zero-order chi connectivity index (χ0) is 10.3. The van der Waals surface area contributed by atoms with Crippen LogP contribution in [0.25, 0.3) is 0 Å². The lowest BCUT2D eigenvalue weighted by atomic mass is 9.77. The highest BCUT2D eigenvalue weighted by atomic mass is 79.9. The van der Waals surface area contributed by atoms with Crippen LogP contribution in [0.3, 0.4) is 0 Å². The lowest BCUT2D eigenvalue weighted by molar-refractivity contribution is 0.375. The Morgan fingerprint density at radius 3 is 3.13 bits per heavy atom. The third-order valence-electron chi connectivity index (χ3n) is 3.55. The molecule has 0 radical (unpaired) electrons. The molecule has 1 unspecified atom stereocenters. The van der Waals surface area contributed by atoms with Crippen LogP contribution in [0.5, 0.6) is 0 Å². The fourth-order valence-electron chi connectivity index (χ4n) is 2.67. The van der Waals surface area contributed by atoms with Crippen LogP contribution in [-0.2, 0) is 5.41 Å². The van der Waals surface area contributed by atoms with Crippen LogP contribution in [0.4, 0.5) is 0 Å². The third-order valence-corrected chi connectivity index (χ3v) is 4.02. The van der Waals surface area contributed by atoms with Gasteiger partial charge in [0.05, 0.1) is 0 Å². The molecule has 78 valence electrons. The van der Waals surface area contributed by atoms with E-state index in [4.69, 9.17) is 0 Å². The minimum absolute atomic E-state index is 0.336. The molecule has 1 aromatic heterocycles. The van der Waals surface area contributed by atoms with Gasteiger partial charge >= 0.3 is 0 Å². The maximum Gasteiger partial charge on any atom is 0.106 e. The number of halogens is 1. The van der Waals surface area contributed by atoms with Crippen molar-refractivity contribution in [1.82, 2.24) is 9.88 Å². The van der Waals surface area contributed by atoms with E-state index in [1.165, 1.54) is 18.5 Å². The van der Waals surface area contributed by atoms with Crippen LogP contribution < -0.4 is 0 Å². The molecule has 2 aliphatic heterocycles. The quantitative estimate of drug-likeness (QED) is 0.726. The van der Waals surface area contributed by atoms with Gasteiger partial charge in [0.2, 0.25) is 0 Å². The Balaban J connectivity index is 1.99. The largest absolute Gasteiger partial charge is 0.377 e. The fraction of sp³-hybridized carbons (Fsp3) is 0.417. The third kappa shape index (κ3) is 1.49. The van der Waals surface area contributed by atoms with Crippen molar-refractivity contribution in [3.8, 4) is 0 Å². The minimum atomic E-state index is 0.336. The Labute approximate surface area is 98.1 Å². The van der Waals surface area contributed by atoms with Crippen LogP contribution >= 0.6 is 15.9 Å². The van der Waals surface area contributed by atoms with Crippen molar-refractivity contribution in [2.75, 3.05) is 13.1 Å². The molecule has 0 N–H and O–H groups in total. The number of aromatic nitrogens is 1. The predicted molar refractivity (Wildman–Crippen MR) is 63.6 cm³/mol. The molecule has 3 rings (SSSR count). The average Bonchev–Trinajstić information content (AvgIpc) is 2.56. The average molecular weight is 265 g/mol. The zero-order valence-corrected chi connectivity index (χ0v) is 10.1. The normalized spacial score (nSPS) is 28.5. The Morgan fingerprint density at radius 1 is 1.40 bits per heavy atom. The molecule has 2 aliphatic rings. The summed E-state index contributed by atoms with van der Waals surface area (Å²) in [5, 5.41) is 0. The summed E-state index contributed by atoms with van der Waals surface area (Å²) in [5.41, 5.74) is 1.72. The molecule has 1 atom stereocenters. The monoisotopic (exact) mass is 264 g/mol. The van der Waals surface area contributed by atoms with Gasteiger partial charge in [-0.3, -0.25) is 0 Å². The van der Waals surface area contributed by atoms with E-state index in [9.17, 15) is 0 Å². The van der Waals surface area contributed by atoms with Gasteiger partial charge in [-0.15, -0.1) is 0 Å². The second-order valence-electron chi connectivity index (χ2n) is 4.46. The first kappa shape index (κ1) is 9.40. The summed E-state index contributed by atoms with van der Waals surface area (Å²) in [6, 6.07) is 4.25. The second-order valence-corrected chi connectivity index (χ2v) is 5.27. The molecule has 15 heavy (non-hydrogen) atoms. The van der Waals surface area contributed by atoms with Crippen LogP contribution in [-0.4, -0.2) is 23.0 Å². The van der Waals surface area contributed by atoms with E-state index in [0.717, 1.165) is 17.6 Å². The van der Waals surface area contributed by atoms with Crippen molar-refractivity contribution >= 4 is 15.9 Å². The summed E-state index contributed by atoms with van der Waals surface area (Å²) < 4.78 is 0.920. The van der Waals surface area contributed by atoms with E-state index in [1.54, 1.807) is 0 Å². The topological polar surface area (TPSA) is 16.1 Å². The first-order valence-electron chi connectivity index (χ1n) is 5.31. The smallest absolute Gasteiger partial charge is 0.106 e. The molecule has 1 aromatic rings. The lowest BCUT2D eigenvalue weighted by Gasteiger charge is -2.31. The number of allylic oxidation sites excluding steroid dienone is 1. The molecule has 1 saturated heterocycles. The Hall–Kier alpha value is -0.830. The standard InChI is InChI=1S/C12H13BrN2/c13-11-3-2-10(8-14-11)12-4-1-6-15(9-12)7-5-12/h1-3,6,8H,4-5,7,9H2. The van der Waals surface area contributed by atoms with Gasteiger partial charge in [-0.2, -0.15) is 0 Å². The molecule has 0 aliphatic carbocycles. The van der Waals surface area contributed by atoms with E-state index in [2.05, 4.69) is 44.2 Å². The number of pyridine rings is 1. The van der Waals surface area contributed by atoms with Gasteiger partial charge in [0.25, 0.3) is 0 Å². The van der Waals surface area contributed by atoms with Gasteiger partial charge < -0.3 is 4.90 Å². The van der Waals surface area contributed by atoms with Crippen molar-refractivity contribution in [2.24, 2.45) is 0 Å². The summed E-state index contributed by atoms with van der Waals surface area (Å²) in [4.78, 5) is 6.75. The van der Waals surface area contributed by atoms with E-state index in [0.29, 0.717) is 5.41 Å². The summed E-state index contributed by atoms with van der Waals surface area (Å²) in [6.07, 6.45) is 8.96. The fourth-order valence-corrected chi connectivity index (χ4v) is 2.90. The minimum Gasteiger partial charge on any atom is -0.377 e. The molecule has 2 nitrogen and oxygen atoms in total. The molecule has 1 fully saturated rings. The maximum atomic E-state index is 4.34. The van der Waals surface area contributed by atoms with Crippen molar-refractivity contribution < 1.29 is 0 Å². The molecule has 3 heteroatoms. The zero-order valence-electron chi connectivity index (χ0n) is 8.49. The number of hydrogen-bond acceptors (Lipinski definition) is 2. The van der Waals surface area contributed by atoms with Crippen molar-refractivity contribution in [3.63, 3.8) is 0 Å². The Morgan fingerprint density at radius 2 is 2.33 bits per heavy atom. The van der Waals surface area contributed by atoms with Gasteiger partial charge in [-0.05, 0) is 46.6 Å². The van der Waals surface area contributed by atoms with Crippen molar-refractivity contribution in [1.29, 1.82) is 0 Å². The Bertz CT molecular complexity index is 399. The number of rotatable bonds is 1. The lowest BCUT2D eigenvalue weighted by Crippen LogP contribution is -2.31. The summed E-state index contributed by atoms with van der Waals surface area (Å²) in [5.74, 6) is 0. The first-order chi connectivity index (χ1) is 7.28. The summed E-state index contributed by atoms with van der Waals surface area (Å²) in [7, 11) is 0. The maximum absolute atomic E-state index is 4.34. The number of fused-ring (bicyclic) bond motifs is 2. The molecular formula is C12H13BrN2. The van der Waals surface area contributed by atoms with Gasteiger partial charge in [0.1, 0.15) is 4.60 Å². The van der Waals surface area contributed by atoms with E-state index < -0.39 is 0 Å². The molecule has 0 saturated carbocycles. The molecule has 0 spiro atoms. The first-order valence-corrected chi connectivity index (χ1v) is 6.11. The van der Waals surface area contributed by atoms with Gasteiger partial charge in [0, 0.05) is 24.7 Å². The highest BCUT2D eigenvalue weighted by molar-refractivity contribution is 9.10. The van der Waals surface area contributed by atoms with Crippen LogP contribution in [0.2, 0.25) is 0 Å². The van der Waals surface area contributed by atoms with Crippen LogP contribution in [0.15, 0.2) is 35.2 Å². The molecule has 2 bridgehead atoms. The molecular weight excluding hydrogens is 252 g/mol. The van der Waals surface area contributed by atoms with Gasteiger partial charge in [-0.1, -0.05) is 12.1 Å². The highest BCUT2D eigenvalue weighted by Crippen LogP contribution is 2.40. The van der Waals surface area contributed by atoms with Crippen molar-refractivity contribution in [2.45, 2.75) is 18.3 Å². The van der Waals surface area contributed by atoms with Crippen LogP contribution in [0, 0.1) is 0 Å². The number of hydrogen-bond donors (Lipinski definition) is 0. The highest BCUT2D eigenvalue weighted by Gasteiger charge is 2.39. The van der Waals surface area contributed by atoms with Gasteiger partial charge in [0.15, 0.2) is 0 Å². The molecule has 0 aromatic carbocycles. The van der Waals surface area contributed by atoms with E-state index in [-0.39, 0.29) is 0 Å². The molecule has 0 amide bonds. The van der Waals surface area contributed by atoms with Crippen molar-refractivity contribution in [3.05, 3.63) is 40.8 Å². The SMILES string of the molecule is Brc1ccc(C23CC=CN(CC2)C3)cn1.